The first-order chi connectivity index (χ1) is 14.4. The number of hydrogen-bond donors (Lipinski definition) is 2. The van der Waals surface area contributed by atoms with Gasteiger partial charge in [0.2, 0.25) is 0 Å². The molecule has 0 aliphatic carbocycles. The third kappa shape index (κ3) is 3.51. The number of aromatic carboxylic acids is 1. The quantitative estimate of drug-likeness (QED) is 0.665. The standard InChI is InChI=1S/C22H19ClFN3O3/c1-12-3-2-4-16(23)19(12)21(28)27-18-8-10-25-9-7-15(18)20(26-27)14-6-5-13(22(29)30)11-17(14)24/h2-6,11,25H,7-10H2,1H3,(H,29,30). The smallest absolute Gasteiger partial charge is 0.335 e. The molecule has 154 valence electrons. The molecule has 0 fully saturated rings. The molecule has 6 nitrogen and oxygen atoms in total. The first-order valence-electron chi connectivity index (χ1n) is 9.53. The van der Waals surface area contributed by atoms with Gasteiger partial charge in [0.25, 0.3) is 5.91 Å². The maximum absolute atomic E-state index is 14.8. The number of nitrogens with zero attached hydrogens (tertiary/aromatic N) is 2. The minimum Gasteiger partial charge on any atom is -0.478 e. The topological polar surface area (TPSA) is 84.2 Å². The van der Waals surface area contributed by atoms with Crippen molar-refractivity contribution in [3.63, 3.8) is 0 Å². The van der Waals surface area contributed by atoms with Crippen molar-refractivity contribution in [1.82, 2.24) is 15.1 Å². The highest BCUT2D eigenvalue weighted by Gasteiger charge is 2.27. The summed E-state index contributed by atoms with van der Waals surface area (Å²) in [5, 5.41) is 17.2. The van der Waals surface area contributed by atoms with Gasteiger partial charge in [0.1, 0.15) is 5.82 Å². The first-order valence-corrected chi connectivity index (χ1v) is 9.90. The molecule has 0 atom stereocenters. The van der Waals surface area contributed by atoms with Crippen LogP contribution in [0.2, 0.25) is 5.02 Å². The SMILES string of the molecule is Cc1cccc(Cl)c1C(=O)n1nc(-c2ccc(C(=O)O)cc2F)c2c1CCNCC2. The van der Waals surface area contributed by atoms with Crippen LogP contribution in [0.4, 0.5) is 4.39 Å². The maximum atomic E-state index is 14.8. The molecule has 0 amide bonds. The number of carbonyl (C=O) groups excluding carboxylic acids is 1. The van der Waals surface area contributed by atoms with Crippen molar-refractivity contribution in [1.29, 1.82) is 0 Å². The summed E-state index contributed by atoms with van der Waals surface area (Å²) in [6, 6.07) is 8.92. The van der Waals surface area contributed by atoms with Crippen molar-refractivity contribution >= 4 is 23.5 Å². The maximum Gasteiger partial charge on any atom is 0.335 e. The molecule has 30 heavy (non-hydrogen) atoms. The average molecular weight is 428 g/mol. The summed E-state index contributed by atoms with van der Waals surface area (Å²) in [5.41, 5.74) is 2.94. The molecule has 0 saturated carbocycles. The lowest BCUT2D eigenvalue weighted by Gasteiger charge is -2.10. The van der Waals surface area contributed by atoms with Gasteiger partial charge in [-0.15, -0.1) is 0 Å². The highest BCUT2D eigenvalue weighted by molar-refractivity contribution is 6.34. The van der Waals surface area contributed by atoms with Gasteiger partial charge in [0.05, 0.1) is 27.5 Å². The van der Waals surface area contributed by atoms with Crippen molar-refractivity contribution in [2.45, 2.75) is 19.8 Å². The van der Waals surface area contributed by atoms with Crippen LogP contribution in [0.15, 0.2) is 36.4 Å². The lowest BCUT2D eigenvalue weighted by molar-refractivity contribution is 0.0696. The summed E-state index contributed by atoms with van der Waals surface area (Å²) in [4.78, 5) is 24.5. The zero-order valence-electron chi connectivity index (χ0n) is 16.2. The van der Waals surface area contributed by atoms with Gasteiger partial charge in [0, 0.05) is 24.1 Å². The van der Waals surface area contributed by atoms with Crippen LogP contribution in [0, 0.1) is 12.7 Å². The summed E-state index contributed by atoms with van der Waals surface area (Å²) in [6.07, 6.45) is 1.12. The molecule has 2 N–H and O–H groups in total. The Bertz CT molecular complexity index is 1150. The molecule has 2 heterocycles. The summed E-state index contributed by atoms with van der Waals surface area (Å²) in [5.74, 6) is -2.27. The monoisotopic (exact) mass is 427 g/mol. The van der Waals surface area contributed by atoms with Crippen molar-refractivity contribution in [3.05, 3.63) is 75.2 Å². The van der Waals surface area contributed by atoms with E-state index in [1.54, 1.807) is 25.1 Å². The van der Waals surface area contributed by atoms with Gasteiger partial charge in [-0.1, -0.05) is 23.7 Å². The van der Waals surface area contributed by atoms with Crippen molar-refractivity contribution in [2.75, 3.05) is 13.1 Å². The predicted octanol–water partition coefficient (Wildman–Crippen LogP) is 3.73. The van der Waals surface area contributed by atoms with E-state index < -0.39 is 11.8 Å². The van der Waals surface area contributed by atoms with Crippen LogP contribution in [0.5, 0.6) is 0 Å². The van der Waals surface area contributed by atoms with Crippen LogP contribution in [0.25, 0.3) is 11.3 Å². The molecule has 3 aromatic rings. The predicted molar refractivity (Wildman–Crippen MR) is 111 cm³/mol. The Kier molecular flexibility index (Phi) is 5.40. The van der Waals surface area contributed by atoms with Crippen molar-refractivity contribution in [3.8, 4) is 11.3 Å². The second-order valence-electron chi connectivity index (χ2n) is 7.17. The Morgan fingerprint density at radius 1 is 1.20 bits per heavy atom. The van der Waals surface area contributed by atoms with Crippen LogP contribution in [0.1, 0.15) is 37.5 Å². The Hall–Kier alpha value is -3.03. The number of rotatable bonds is 3. The number of nitrogens with one attached hydrogen (secondary N) is 1. The fraction of sp³-hybridized carbons (Fsp3) is 0.227. The fourth-order valence-electron chi connectivity index (χ4n) is 3.78. The molecule has 1 aromatic heterocycles. The van der Waals surface area contributed by atoms with Crippen LogP contribution < -0.4 is 5.32 Å². The minimum absolute atomic E-state index is 0.147. The molecule has 0 unspecified atom stereocenters. The van der Waals surface area contributed by atoms with Crippen LogP contribution in [0.3, 0.4) is 0 Å². The van der Waals surface area contributed by atoms with E-state index in [0.717, 1.165) is 17.2 Å². The number of carboxylic acid groups (broad SMARTS) is 1. The van der Waals surface area contributed by atoms with E-state index in [2.05, 4.69) is 10.4 Å². The number of carboxylic acids is 1. The van der Waals surface area contributed by atoms with Gasteiger partial charge in [-0.2, -0.15) is 9.78 Å². The highest BCUT2D eigenvalue weighted by atomic mass is 35.5. The fourth-order valence-corrected chi connectivity index (χ4v) is 4.09. The molecule has 0 bridgehead atoms. The van der Waals surface area contributed by atoms with Crippen LogP contribution in [-0.4, -0.2) is 39.9 Å². The van der Waals surface area contributed by atoms with Crippen molar-refractivity contribution < 1.29 is 19.1 Å². The molecular formula is C22H19ClFN3O3. The molecule has 8 heteroatoms. The summed E-state index contributed by atoms with van der Waals surface area (Å²) in [7, 11) is 0. The molecule has 0 radical (unpaired) electrons. The lowest BCUT2D eigenvalue weighted by atomic mass is 10.0. The molecule has 0 saturated heterocycles. The lowest BCUT2D eigenvalue weighted by Crippen LogP contribution is -2.21. The van der Waals surface area contributed by atoms with Gasteiger partial charge < -0.3 is 10.4 Å². The number of fused-ring (bicyclic) bond motifs is 1. The second kappa shape index (κ2) is 8.01. The summed E-state index contributed by atoms with van der Waals surface area (Å²) in [6.45, 7) is 3.13. The Balaban J connectivity index is 1.89. The largest absolute Gasteiger partial charge is 0.478 e. The molecule has 1 aliphatic heterocycles. The Morgan fingerprint density at radius 3 is 2.67 bits per heavy atom. The van der Waals surface area contributed by atoms with Gasteiger partial charge in [0.15, 0.2) is 0 Å². The number of hydrogen-bond acceptors (Lipinski definition) is 4. The Labute approximate surface area is 177 Å². The van der Waals surface area contributed by atoms with Gasteiger partial charge >= 0.3 is 5.97 Å². The second-order valence-corrected chi connectivity index (χ2v) is 7.58. The molecule has 1 aliphatic rings. The third-order valence-corrected chi connectivity index (χ3v) is 5.59. The van der Waals surface area contributed by atoms with Crippen LogP contribution in [-0.2, 0) is 12.8 Å². The summed E-state index contributed by atoms with van der Waals surface area (Å²) < 4.78 is 16.1. The van der Waals surface area contributed by atoms with E-state index in [0.29, 0.717) is 47.9 Å². The zero-order valence-corrected chi connectivity index (χ0v) is 17.0. The number of aryl methyl sites for hydroxylation is 1. The first kappa shape index (κ1) is 20.3. The van der Waals surface area contributed by atoms with E-state index in [1.165, 1.54) is 16.8 Å². The van der Waals surface area contributed by atoms with Gasteiger partial charge in [-0.05, 0) is 49.7 Å². The summed E-state index contributed by atoms with van der Waals surface area (Å²) >= 11 is 6.30. The number of carbonyl (C=O) groups is 2. The van der Waals surface area contributed by atoms with Crippen molar-refractivity contribution in [2.24, 2.45) is 0 Å². The highest BCUT2D eigenvalue weighted by Crippen LogP contribution is 2.31. The molecular weight excluding hydrogens is 409 g/mol. The van der Waals surface area contributed by atoms with E-state index in [-0.39, 0.29) is 17.0 Å². The third-order valence-electron chi connectivity index (χ3n) is 5.28. The van der Waals surface area contributed by atoms with E-state index >= 15 is 0 Å². The van der Waals surface area contributed by atoms with E-state index in [1.807, 2.05) is 0 Å². The minimum atomic E-state index is -1.21. The van der Waals surface area contributed by atoms with Crippen LogP contribution >= 0.6 is 11.6 Å². The molecule has 0 spiro atoms. The van der Waals surface area contributed by atoms with E-state index in [4.69, 9.17) is 16.7 Å². The number of benzene rings is 2. The normalized spacial score (nSPS) is 13.6. The number of aromatic nitrogens is 2. The van der Waals surface area contributed by atoms with E-state index in [9.17, 15) is 14.0 Å². The Morgan fingerprint density at radius 2 is 1.97 bits per heavy atom. The average Bonchev–Trinajstić information content (AvgIpc) is 2.88. The molecule has 2 aromatic carbocycles. The zero-order chi connectivity index (χ0) is 21.4. The number of halogens is 2. The molecule has 4 rings (SSSR count). The van der Waals surface area contributed by atoms with Gasteiger partial charge in [-0.3, -0.25) is 4.79 Å². The van der Waals surface area contributed by atoms with Gasteiger partial charge in [-0.25, -0.2) is 9.18 Å².